The standard InChI is InChI=1S/C8H16N8O2/c1-8(2,5-11-13-9)18-7(17)10-3-4-16-6-12-14-15-16/h6,14-15H,3-5H2,1-2H3,(H,10,17). The van der Waals surface area contributed by atoms with Gasteiger partial charge in [0.2, 0.25) is 0 Å². The van der Waals surface area contributed by atoms with Crippen LogP contribution < -0.4 is 16.4 Å². The van der Waals surface area contributed by atoms with E-state index in [2.05, 4.69) is 31.5 Å². The first-order valence-electron chi connectivity index (χ1n) is 5.32. The van der Waals surface area contributed by atoms with Gasteiger partial charge in [-0.1, -0.05) is 5.11 Å². The lowest BCUT2D eigenvalue weighted by Gasteiger charge is -2.23. The third kappa shape index (κ3) is 5.23. The van der Waals surface area contributed by atoms with E-state index >= 15 is 0 Å². The Morgan fingerprint density at radius 3 is 3.11 bits per heavy atom. The van der Waals surface area contributed by atoms with Gasteiger partial charge in [-0.3, -0.25) is 5.01 Å². The van der Waals surface area contributed by atoms with Crippen molar-refractivity contribution in [3.63, 3.8) is 0 Å². The van der Waals surface area contributed by atoms with Crippen molar-refractivity contribution in [2.75, 3.05) is 19.6 Å². The number of carbonyl (C=O) groups excluding carboxylic acids is 1. The summed E-state index contributed by atoms with van der Waals surface area (Å²) in [6, 6.07) is 0. The molecular weight excluding hydrogens is 240 g/mol. The van der Waals surface area contributed by atoms with Gasteiger partial charge < -0.3 is 10.1 Å². The maximum Gasteiger partial charge on any atom is 0.407 e. The van der Waals surface area contributed by atoms with Gasteiger partial charge in [-0.15, -0.1) is 5.53 Å². The molecule has 18 heavy (non-hydrogen) atoms. The zero-order valence-electron chi connectivity index (χ0n) is 10.3. The average molecular weight is 256 g/mol. The van der Waals surface area contributed by atoms with Gasteiger partial charge in [-0.2, -0.15) is 5.10 Å². The SMILES string of the molecule is CC(C)(CN=[N+]=[N-])OC(=O)NCCN1C=NNN1. The van der Waals surface area contributed by atoms with Crippen molar-refractivity contribution in [1.29, 1.82) is 0 Å². The minimum Gasteiger partial charge on any atom is -0.443 e. The topological polar surface area (TPSA) is 127 Å². The number of nitrogens with one attached hydrogen (secondary N) is 3. The number of amides is 1. The number of carbonyl (C=O) groups is 1. The molecule has 3 N–H and O–H groups in total. The summed E-state index contributed by atoms with van der Waals surface area (Å²) in [7, 11) is 0. The maximum atomic E-state index is 11.4. The van der Waals surface area contributed by atoms with E-state index in [0.717, 1.165) is 0 Å². The lowest BCUT2D eigenvalue weighted by atomic mass is 10.1. The summed E-state index contributed by atoms with van der Waals surface area (Å²) < 4.78 is 5.10. The maximum absolute atomic E-state index is 11.4. The molecule has 0 fully saturated rings. The Hall–Kier alpha value is -2.19. The zero-order valence-corrected chi connectivity index (χ0v) is 10.3. The smallest absolute Gasteiger partial charge is 0.407 e. The van der Waals surface area contributed by atoms with E-state index in [0.29, 0.717) is 13.1 Å². The molecule has 0 saturated carbocycles. The lowest BCUT2D eigenvalue weighted by molar-refractivity contribution is 0.0451. The molecule has 0 saturated heterocycles. The van der Waals surface area contributed by atoms with E-state index in [1.807, 2.05) is 0 Å². The summed E-state index contributed by atoms with van der Waals surface area (Å²) >= 11 is 0. The summed E-state index contributed by atoms with van der Waals surface area (Å²) in [5.74, 6) is 0. The molecule has 10 heteroatoms. The van der Waals surface area contributed by atoms with E-state index in [4.69, 9.17) is 10.3 Å². The van der Waals surface area contributed by atoms with Crippen LogP contribution >= 0.6 is 0 Å². The van der Waals surface area contributed by atoms with Crippen molar-refractivity contribution >= 4 is 12.4 Å². The number of azide groups is 1. The fourth-order valence-electron chi connectivity index (χ4n) is 1.13. The van der Waals surface area contributed by atoms with Crippen LogP contribution in [0.25, 0.3) is 10.4 Å². The molecule has 1 heterocycles. The van der Waals surface area contributed by atoms with Gasteiger partial charge >= 0.3 is 6.09 Å². The Balaban J connectivity index is 2.19. The zero-order chi connectivity index (χ0) is 13.4. The number of ether oxygens (including phenoxy) is 1. The van der Waals surface area contributed by atoms with Crippen LogP contribution in [0.4, 0.5) is 4.79 Å². The Kier molecular flexibility index (Phi) is 5.03. The van der Waals surface area contributed by atoms with Gasteiger partial charge in [-0.05, 0) is 19.4 Å². The predicted octanol–water partition coefficient (Wildman–Crippen LogP) is 0.0696. The van der Waals surface area contributed by atoms with Gasteiger partial charge in [-0.25, -0.2) is 10.3 Å². The normalized spacial score (nSPS) is 13.8. The first kappa shape index (κ1) is 13.9. The molecule has 1 aliphatic rings. The third-order valence-electron chi connectivity index (χ3n) is 1.96. The second-order valence-corrected chi connectivity index (χ2v) is 4.13. The van der Waals surface area contributed by atoms with Crippen molar-refractivity contribution in [3.05, 3.63) is 10.4 Å². The Morgan fingerprint density at radius 2 is 2.50 bits per heavy atom. The number of nitrogens with zero attached hydrogens (tertiary/aromatic N) is 5. The van der Waals surface area contributed by atoms with Gasteiger partial charge in [0.1, 0.15) is 11.9 Å². The molecule has 100 valence electrons. The van der Waals surface area contributed by atoms with Crippen LogP contribution in [0.5, 0.6) is 0 Å². The molecule has 1 rings (SSSR count). The Labute approximate surface area is 104 Å². The number of hydrogen-bond acceptors (Lipinski definition) is 7. The van der Waals surface area contributed by atoms with Crippen LogP contribution in [0.2, 0.25) is 0 Å². The molecular formula is C8H16N8O2. The molecule has 1 amide bonds. The van der Waals surface area contributed by atoms with E-state index in [-0.39, 0.29) is 6.54 Å². The summed E-state index contributed by atoms with van der Waals surface area (Å²) in [6.45, 7) is 4.33. The quantitative estimate of drug-likeness (QED) is 0.352. The molecule has 0 spiro atoms. The second kappa shape index (κ2) is 6.52. The summed E-state index contributed by atoms with van der Waals surface area (Å²) in [6.07, 6.45) is 0.996. The van der Waals surface area contributed by atoms with Crippen LogP contribution in [0.15, 0.2) is 10.2 Å². The molecule has 0 aromatic heterocycles. The number of hydrazine groups is 2. The lowest BCUT2D eigenvalue weighted by Crippen LogP contribution is -2.43. The van der Waals surface area contributed by atoms with Crippen molar-refractivity contribution in [3.8, 4) is 0 Å². The largest absolute Gasteiger partial charge is 0.443 e. The molecule has 0 aromatic carbocycles. The highest BCUT2D eigenvalue weighted by Crippen LogP contribution is 2.09. The minimum absolute atomic E-state index is 0.0845. The van der Waals surface area contributed by atoms with E-state index < -0.39 is 11.7 Å². The third-order valence-corrected chi connectivity index (χ3v) is 1.96. The van der Waals surface area contributed by atoms with Crippen LogP contribution in [-0.2, 0) is 4.74 Å². The highest BCUT2D eigenvalue weighted by molar-refractivity contribution is 5.67. The van der Waals surface area contributed by atoms with Gasteiger partial charge in [0.05, 0.1) is 13.1 Å². The van der Waals surface area contributed by atoms with Crippen LogP contribution in [0, 0.1) is 0 Å². The number of hydrogen-bond donors (Lipinski definition) is 3. The number of alkyl carbamates (subject to hydrolysis) is 1. The monoisotopic (exact) mass is 256 g/mol. The highest BCUT2D eigenvalue weighted by Gasteiger charge is 2.21. The molecule has 0 atom stereocenters. The van der Waals surface area contributed by atoms with Crippen molar-refractivity contribution in [2.24, 2.45) is 10.2 Å². The van der Waals surface area contributed by atoms with E-state index in [1.54, 1.807) is 25.2 Å². The number of rotatable bonds is 6. The van der Waals surface area contributed by atoms with Crippen molar-refractivity contribution in [1.82, 2.24) is 21.4 Å². The molecule has 0 unspecified atom stereocenters. The van der Waals surface area contributed by atoms with Gasteiger partial charge in [0, 0.05) is 11.5 Å². The predicted molar refractivity (Wildman–Crippen MR) is 64.0 cm³/mol. The van der Waals surface area contributed by atoms with Gasteiger partial charge in [0.15, 0.2) is 0 Å². The fraction of sp³-hybridized carbons (Fsp3) is 0.750. The average Bonchev–Trinajstić information content (AvgIpc) is 2.79. The molecule has 1 aliphatic heterocycles. The minimum atomic E-state index is -0.828. The van der Waals surface area contributed by atoms with E-state index in [9.17, 15) is 4.79 Å². The van der Waals surface area contributed by atoms with Crippen LogP contribution in [-0.4, -0.2) is 42.7 Å². The summed E-state index contributed by atoms with van der Waals surface area (Å²) in [4.78, 5) is 14.1. The summed E-state index contributed by atoms with van der Waals surface area (Å²) in [5.41, 5.74) is 12.6. The van der Waals surface area contributed by atoms with Gasteiger partial charge in [0.25, 0.3) is 0 Å². The van der Waals surface area contributed by atoms with Crippen LogP contribution in [0.1, 0.15) is 13.8 Å². The van der Waals surface area contributed by atoms with Crippen LogP contribution in [0.3, 0.4) is 0 Å². The first-order chi connectivity index (χ1) is 8.53. The highest BCUT2D eigenvalue weighted by atomic mass is 16.6. The van der Waals surface area contributed by atoms with Crippen molar-refractivity contribution < 1.29 is 9.53 Å². The second-order valence-electron chi connectivity index (χ2n) is 4.13. The van der Waals surface area contributed by atoms with Crippen molar-refractivity contribution in [2.45, 2.75) is 19.4 Å². The molecule has 0 aliphatic carbocycles. The fourth-order valence-corrected chi connectivity index (χ4v) is 1.13. The first-order valence-corrected chi connectivity index (χ1v) is 5.32. The number of hydrazone groups is 1. The Bertz CT molecular complexity index is 362. The van der Waals surface area contributed by atoms with E-state index in [1.165, 1.54) is 0 Å². The molecule has 0 aromatic rings. The Morgan fingerprint density at radius 1 is 1.72 bits per heavy atom. The molecule has 0 bridgehead atoms. The summed E-state index contributed by atoms with van der Waals surface area (Å²) in [5, 5.41) is 11.3. The molecule has 10 nitrogen and oxygen atoms in total. The molecule has 0 radical (unpaired) electrons.